The molecule has 0 radical (unpaired) electrons. The van der Waals surface area contributed by atoms with Gasteiger partial charge in [0, 0.05) is 12.6 Å². The molecule has 15 heavy (non-hydrogen) atoms. The largest absolute Gasteiger partial charge is 0.380 e. The van der Waals surface area contributed by atoms with Gasteiger partial charge in [0.2, 0.25) is 9.47 Å². The molecule has 0 aliphatic carbocycles. The molecule has 3 N–H and O–H groups in total. The van der Waals surface area contributed by atoms with Crippen LogP contribution < -0.4 is 10.5 Å². The molecule has 0 amide bonds. The standard InChI is InChI=1S/C6H10N4O3S2/c7-5-8-9-6(14-5)15(11,12)10-4-1-2-13-3-4/h4,10H,1-3H2,(H2,7,8). The van der Waals surface area contributed by atoms with Gasteiger partial charge in [0.15, 0.2) is 0 Å². The molecule has 1 aromatic heterocycles. The van der Waals surface area contributed by atoms with Crippen LogP contribution in [-0.4, -0.2) is 37.9 Å². The Balaban J connectivity index is 2.12. The number of ether oxygens (including phenoxy) is 1. The van der Waals surface area contributed by atoms with Crippen molar-refractivity contribution in [1.29, 1.82) is 0 Å². The summed E-state index contributed by atoms with van der Waals surface area (Å²) in [6, 6.07) is -0.180. The van der Waals surface area contributed by atoms with Gasteiger partial charge >= 0.3 is 0 Å². The molecule has 0 aromatic carbocycles. The number of aromatic nitrogens is 2. The highest BCUT2D eigenvalue weighted by molar-refractivity contribution is 7.91. The summed E-state index contributed by atoms with van der Waals surface area (Å²) in [7, 11) is -3.59. The quantitative estimate of drug-likeness (QED) is 0.726. The maximum Gasteiger partial charge on any atom is 0.270 e. The van der Waals surface area contributed by atoms with Gasteiger partial charge in [-0.3, -0.25) is 0 Å². The molecule has 7 nitrogen and oxygen atoms in total. The van der Waals surface area contributed by atoms with E-state index in [2.05, 4.69) is 14.9 Å². The van der Waals surface area contributed by atoms with E-state index in [9.17, 15) is 8.42 Å². The van der Waals surface area contributed by atoms with Gasteiger partial charge in [0.25, 0.3) is 10.0 Å². The van der Waals surface area contributed by atoms with E-state index in [4.69, 9.17) is 10.5 Å². The Morgan fingerprint density at radius 1 is 1.53 bits per heavy atom. The third-order valence-corrected chi connectivity index (χ3v) is 4.54. The van der Waals surface area contributed by atoms with E-state index >= 15 is 0 Å². The predicted molar refractivity (Wildman–Crippen MR) is 53.9 cm³/mol. The number of nitrogen functional groups attached to an aromatic ring is 1. The Labute approximate surface area is 90.7 Å². The lowest BCUT2D eigenvalue weighted by atomic mass is 10.3. The third-order valence-electron chi connectivity index (χ3n) is 1.90. The lowest BCUT2D eigenvalue weighted by Crippen LogP contribution is -2.34. The summed E-state index contributed by atoms with van der Waals surface area (Å²) < 4.78 is 30.8. The Hall–Kier alpha value is -0.770. The van der Waals surface area contributed by atoms with E-state index in [0.29, 0.717) is 19.6 Å². The van der Waals surface area contributed by atoms with E-state index in [1.54, 1.807) is 0 Å². The Morgan fingerprint density at radius 2 is 2.33 bits per heavy atom. The van der Waals surface area contributed by atoms with Gasteiger partial charge in [-0.05, 0) is 6.42 Å². The number of rotatable bonds is 3. The van der Waals surface area contributed by atoms with Crippen molar-refractivity contribution in [3.63, 3.8) is 0 Å². The van der Waals surface area contributed by atoms with Crippen molar-refractivity contribution in [1.82, 2.24) is 14.9 Å². The van der Waals surface area contributed by atoms with Crippen LogP contribution in [0.15, 0.2) is 4.34 Å². The van der Waals surface area contributed by atoms with Crippen LogP contribution in [0.5, 0.6) is 0 Å². The van der Waals surface area contributed by atoms with Crippen LogP contribution in [0.4, 0.5) is 5.13 Å². The number of hydrogen-bond donors (Lipinski definition) is 2. The van der Waals surface area contributed by atoms with Gasteiger partial charge in [-0.2, -0.15) is 0 Å². The first-order valence-corrected chi connectivity index (χ1v) is 6.57. The predicted octanol–water partition coefficient (Wildman–Crippen LogP) is -0.813. The molecule has 84 valence electrons. The molecular weight excluding hydrogens is 240 g/mol. The second-order valence-electron chi connectivity index (χ2n) is 3.09. The van der Waals surface area contributed by atoms with Crippen LogP contribution in [0.25, 0.3) is 0 Å². The van der Waals surface area contributed by atoms with Crippen molar-refractivity contribution in [2.45, 2.75) is 16.8 Å². The smallest absolute Gasteiger partial charge is 0.270 e. The lowest BCUT2D eigenvalue weighted by Gasteiger charge is -2.08. The minimum absolute atomic E-state index is 0.105. The second-order valence-corrected chi connectivity index (χ2v) is 5.98. The van der Waals surface area contributed by atoms with E-state index in [0.717, 1.165) is 11.3 Å². The fraction of sp³-hybridized carbons (Fsp3) is 0.667. The molecule has 0 bridgehead atoms. The highest BCUT2D eigenvalue weighted by Crippen LogP contribution is 2.17. The maximum atomic E-state index is 11.7. The molecule has 1 aromatic rings. The number of nitrogens with two attached hydrogens (primary N) is 1. The normalized spacial score (nSPS) is 22.0. The molecule has 1 aliphatic heterocycles. The molecule has 0 spiro atoms. The van der Waals surface area contributed by atoms with Crippen molar-refractivity contribution in [3.8, 4) is 0 Å². The summed E-state index contributed by atoms with van der Waals surface area (Å²) >= 11 is 0.842. The zero-order chi connectivity index (χ0) is 10.9. The van der Waals surface area contributed by atoms with E-state index in [-0.39, 0.29) is 15.5 Å². The first-order valence-electron chi connectivity index (χ1n) is 4.27. The van der Waals surface area contributed by atoms with Crippen LogP contribution in [0.3, 0.4) is 0 Å². The van der Waals surface area contributed by atoms with Crippen molar-refractivity contribution >= 4 is 26.5 Å². The molecule has 2 rings (SSSR count). The summed E-state index contributed by atoms with van der Waals surface area (Å²) in [5.74, 6) is 0. The Morgan fingerprint density at radius 3 is 2.87 bits per heavy atom. The third kappa shape index (κ3) is 2.43. The summed E-state index contributed by atoms with van der Waals surface area (Å²) in [5, 5.41) is 7.07. The molecule has 9 heteroatoms. The second kappa shape index (κ2) is 4.00. The van der Waals surface area contributed by atoms with Gasteiger partial charge in [-0.15, -0.1) is 10.2 Å². The van der Waals surface area contributed by atoms with Crippen molar-refractivity contribution in [2.24, 2.45) is 0 Å². The van der Waals surface area contributed by atoms with Gasteiger partial charge in [0.05, 0.1) is 6.61 Å². The van der Waals surface area contributed by atoms with Gasteiger partial charge in [-0.1, -0.05) is 11.3 Å². The minimum atomic E-state index is -3.59. The molecule has 1 unspecified atom stereocenters. The highest BCUT2D eigenvalue weighted by atomic mass is 32.2. The molecule has 2 heterocycles. The number of anilines is 1. The zero-order valence-corrected chi connectivity index (χ0v) is 9.34. The monoisotopic (exact) mass is 250 g/mol. The Kier molecular flexibility index (Phi) is 2.87. The SMILES string of the molecule is Nc1nnc(S(=O)(=O)NC2CCOC2)s1. The zero-order valence-electron chi connectivity index (χ0n) is 7.71. The van der Waals surface area contributed by atoms with Crippen LogP contribution in [0.1, 0.15) is 6.42 Å². The summed E-state index contributed by atoms with van der Waals surface area (Å²) in [4.78, 5) is 0. The van der Waals surface area contributed by atoms with Crippen LogP contribution in [0, 0.1) is 0 Å². The van der Waals surface area contributed by atoms with Crippen molar-refractivity contribution < 1.29 is 13.2 Å². The van der Waals surface area contributed by atoms with Gasteiger partial charge in [0.1, 0.15) is 0 Å². The fourth-order valence-corrected chi connectivity index (χ4v) is 3.28. The fourth-order valence-electron chi connectivity index (χ4n) is 1.23. The first-order chi connectivity index (χ1) is 7.08. The van der Waals surface area contributed by atoms with Crippen LogP contribution >= 0.6 is 11.3 Å². The topological polar surface area (TPSA) is 107 Å². The summed E-state index contributed by atoms with van der Waals surface area (Å²) in [6.45, 7) is 0.971. The average Bonchev–Trinajstić information content (AvgIpc) is 2.75. The van der Waals surface area contributed by atoms with Crippen LogP contribution in [-0.2, 0) is 14.8 Å². The van der Waals surface area contributed by atoms with Gasteiger partial charge < -0.3 is 10.5 Å². The minimum Gasteiger partial charge on any atom is -0.380 e. The molecule has 0 saturated carbocycles. The molecule has 1 atom stereocenters. The lowest BCUT2D eigenvalue weighted by molar-refractivity contribution is 0.192. The van der Waals surface area contributed by atoms with Crippen molar-refractivity contribution in [2.75, 3.05) is 18.9 Å². The first kappa shape index (κ1) is 10.7. The Bertz CT molecular complexity index is 437. The van der Waals surface area contributed by atoms with E-state index in [1.165, 1.54) is 0 Å². The number of nitrogens with zero attached hydrogens (tertiary/aromatic N) is 2. The number of hydrogen-bond acceptors (Lipinski definition) is 7. The van der Waals surface area contributed by atoms with Crippen LogP contribution in [0.2, 0.25) is 0 Å². The highest BCUT2D eigenvalue weighted by Gasteiger charge is 2.26. The van der Waals surface area contributed by atoms with Gasteiger partial charge in [-0.25, -0.2) is 13.1 Å². The molecule has 1 fully saturated rings. The van der Waals surface area contributed by atoms with E-state index in [1.807, 2.05) is 0 Å². The number of nitrogens with one attached hydrogen (secondary N) is 1. The maximum absolute atomic E-state index is 11.7. The summed E-state index contributed by atoms with van der Waals surface area (Å²) in [5.41, 5.74) is 5.31. The molecular formula is C6H10N4O3S2. The molecule has 1 saturated heterocycles. The average molecular weight is 250 g/mol. The van der Waals surface area contributed by atoms with Crippen molar-refractivity contribution in [3.05, 3.63) is 0 Å². The number of sulfonamides is 1. The summed E-state index contributed by atoms with van der Waals surface area (Å²) in [6.07, 6.45) is 0.674. The van der Waals surface area contributed by atoms with E-state index < -0.39 is 10.0 Å². The molecule has 1 aliphatic rings.